The van der Waals surface area contributed by atoms with Crippen LogP contribution in [0.2, 0.25) is 18.6 Å². The van der Waals surface area contributed by atoms with Crippen molar-refractivity contribution >= 4 is 19.2 Å². The Morgan fingerprint density at radius 2 is 1.91 bits per heavy atom. The first-order valence-corrected chi connectivity index (χ1v) is 10.6. The van der Waals surface area contributed by atoms with Crippen molar-refractivity contribution in [1.29, 1.82) is 0 Å². The molecule has 3 atom stereocenters. The summed E-state index contributed by atoms with van der Waals surface area (Å²) >= 11 is 0. The summed E-state index contributed by atoms with van der Waals surface area (Å²) in [6.45, 7) is 13.7. The van der Waals surface area contributed by atoms with Crippen LogP contribution in [0.4, 0.5) is 0 Å². The summed E-state index contributed by atoms with van der Waals surface area (Å²) in [7, 11) is -1.96. The predicted molar refractivity (Wildman–Crippen MR) is 93.8 cm³/mol. The number of rotatable bonds is 8. The van der Waals surface area contributed by atoms with Crippen molar-refractivity contribution in [2.75, 3.05) is 6.61 Å². The van der Waals surface area contributed by atoms with Gasteiger partial charge in [0.05, 0.1) is 20.1 Å². The third-order valence-corrected chi connectivity index (χ3v) is 8.88. The minimum absolute atomic E-state index is 0.000199. The molecule has 1 aromatic carbocycles. The van der Waals surface area contributed by atoms with Crippen LogP contribution >= 0.6 is 0 Å². The Balaban J connectivity index is 3.10. The summed E-state index contributed by atoms with van der Waals surface area (Å²) in [5.74, 6) is -1.00. The number of esters is 1. The highest BCUT2D eigenvalue weighted by atomic mass is 28.3. The summed E-state index contributed by atoms with van der Waals surface area (Å²) in [5, 5.41) is 11.5. The molecule has 0 spiro atoms. The maximum absolute atomic E-state index is 12.4. The fourth-order valence-electron chi connectivity index (χ4n) is 2.60. The fraction of sp³-hybridized carbons (Fsp3) is 0.389. The molecule has 4 heteroatoms. The third-order valence-electron chi connectivity index (χ3n) is 4.42. The monoisotopic (exact) mass is 318 g/mol. The van der Waals surface area contributed by atoms with Gasteiger partial charge in [-0.15, -0.1) is 6.58 Å². The standard InChI is InChI=1S/C18H26O3Si/c1-6-13-21-18(20)17(16(19)7-2)14(3)22(4,5)15-11-9-8-10-12-15/h6-12,14,16-17,19H,1-2,13H2,3-5H3/t14-,16-,17+/m0/s1. The van der Waals surface area contributed by atoms with Crippen molar-refractivity contribution in [3.05, 3.63) is 55.6 Å². The topological polar surface area (TPSA) is 46.5 Å². The second-order valence-electron chi connectivity index (χ2n) is 6.05. The molecule has 0 aliphatic carbocycles. The van der Waals surface area contributed by atoms with Crippen molar-refractivity contribution in [1.82, 2.24) is 0 Å². The van der Waals surface area contributed by atoms with Gasteiger partial charge >= 0.3 is 5.97 Å². The van der Waals surface area contributed by atoms with E-state index in [-0.39, 0.29) is 12.1 Å². The number of ether oxygens (including phenoxy) is 1. The average Bonchev–Trinajstić information content (AvgIpc) is 2.53. The van der Waals surface area contributed by atoms with Gasteiger partial charge in [-0.25, -0.2) is 0 Å². The van der Waals surface area contributed by atoms with E-state index in [4.69, 9.17) is 4.74 Å². The largest absolute Gasteiger partial charge is 0.461 e. The van der Waals surface area contributed by atoms with Gasteiger partial charge in [0.1, 0.15) is 6.61 Å². The lowest BCUT2D eigenvalue weighted by molar-refractivity contribution is -0.150. The van der Waals surface area contributed by atoms with Gasteiger partial charge in [-0.2, -0.15) is 0 Å². The number of benzene rings is 1. The molecule has 0 radical (unpaired) electrons. The van der Waals surface area contributed by atoms with E-state index in [0.29, 0.717) is 0 Å². The molecule has 0 unspecified atom stereocenters. The summed E-state index contributed by atoms with van der Waals surface area (Å²) in [4.78, 5) is 12.4. The van der Waals surface area contributed by atoms with E-state index in [1.807, 2.05) is 25.1 Å². The lowest BCUT2D eigenvalue weighted by atomic mass is 9.99. The van der Waals surface area contributed by atoms with Crippen molar-refractivity contribution in [3.8, 4) is 0 Å². The van der Waals surface area contributed by atoms with Gasteiger partial charge in [-0.1, -0.05) is 74.3 Å². The molecular formula is C18H26O3Si. The maximum Gasteiger partial charge on any atom is 0.312 e. The molecule has 1 aromatic rings. The molecule has 120 valence electrons. The van der Waals surface area contributed by atoms with Gasteiger partial charge < -0.3 is 9.84 Å². The lowest BCUT2D eigenvalue weighted by Crippen LogP contribution is -2.51. The van der Waals surface area contributed by atoms with Crippen LogP contribution in [0.5, 0.6) is 0 Å². The highest BCUT2D eigenvalue weighted by Gasteiger charge is 2.42. The molecule has 0 saturated carbocycles. The van der Waals surface area contributed by atoms with Crippen LogP contribution in [0.3, 0.4) is 0 Å². The van der Waals surface area contributed by atoms with Crippen LogP contribution in [-0.2, 0) is 9.53 Å². The van der Waals surface area contributed by atoms with Gasteiger partial charge in [0.2, 0.25) is 0 Å². The first-order valence-electron chi connectivity index (χ1n) is 7.50. The molecular weight excluding hydrogens is 292 g/mol. The lowest BCUT2D eigenvalue weighted by Gasteiger charge is -2.36. The molecule has 0 bridgehead atoms. The number of hydrogen-bond acceptors (Lipinski definition) is 3. The van der Waals surface area contributed by atoms with Crippen LogP contribution in [-0.4, -0.2) is 31.9 Å². The predicted octanol–water partition coefficient (Wildman–Crippen LogP) is 2.88. The minimum atomic E-state index is -1.96. The average molecular weight is 318 g/mol. The number of carbonyl (C=O) groups is 1. The van der Waals surface area contributed by atoms with Crippen molar-refractivity contribution < 1.29 is 14.6 Å². The highest BCUT2D eigenvalue weighted by molar-refractivity contribution is 6.91. The first-order chi connectivity index (χ1) is 10.4. The Morgan fingerprint density at radius 1 is 1.32 bits per heavy atom. The van der Waals surface area contributed by atoms with Gasteiger partial charge in [0, 0.05) is 0 Å². The molecule has 22 heavy (non-hydrogen) atoms. The Morgan fingerprint density at radius 3 is 2.41 bits per heavy atom. The Hall–Kier alpha value is -1.65. The van der Waals surface area contributed by atoms with Crippen LogP contribution in [0.1, 0.15) is 6.92 Å². The number of hydrogen-bond donors (Lipinski definition) is 1. The maximum atomic E-state index is 12.4. The van der Waals surface area contributed by atoms with E-state index < -0.39 is 26.1 Å². The first kappa shape index (κ1) is 18.4. The van der Waals surface area contributed by atoms with E-state index in [1.54, 1.807) is 0 Å². The van der Waals surface area contributed by atoms with Gasteiger partial charge in [0.15, 0.2) is 0 Å². The van der Waals surface area contributed by atoms with Crippen LogP contribution in [0, 0.1) is 5.92 Å². The SMILES string of the molecule is C=CCOC(=O)[C@@H]([C@@H](O)C=C)[C@H](C)[Si](C)(C)c1ccccc1. The van der Waals surface area contributed by atoms with Gasteiger partial charge in [-0.3, -0.25) is 4.79 Å². The van der Waals surface area contributed by atoms with E-state index in [0.717, 1.165) is 0 Å². The number of aliphatic hydroxyl groups excluding tert-OH is 1. The van der Waals surface area contributed by atoms with Crippen molar-refractivity contribution in [2.24, 2.45) is 5.92 Å². The summed E-state index contributed by atoms with van der Waals surface area (Å²) in [6, 6.07) is 10.2. The Labute approximate surface area is 134 Å². The van der Waals surface area contributed by atoms with Gasteiger partial charge in [0.25, 0.3) is 0 Å². The van der Waals surface area contributed by atoms with E-state index in [9.17, 15) is 9.90 Å². The Bertz CT molecular complexity index is 510. The quantitative estimate of drug-likeness (QED) is 0.455. The number of aliphatic hydroxyl groups is 1. The molecule has 3 nitrogen and oxygen atoms in total. The minimum Gasteiger partial charge on any atom is -0.461 e. The molecule has 0 aromatic heterocycles. The third kappa shape index (κ3) is 4.18. The molecule has 0 aliphatic heterocycles. The molecule has 0 fully saturated rings. The summed E-state index contributed by atoms with van der Waals surface area (Å²) in [6.07, 6.45) is 2.02. The molecule has 0 heterocycles. The van der Waals surface area contributed by atoms with Gasteiger partial charge in [-0.05, 0) is 5.54 Å². The zero-order chi connectivity index (χ0) is 16.8. The molecule has 1 rings (SSSR count). The smallest absolute Gasteiger partial charge is 0.312 e. The normalized spacial score (nSPS) is 15.5. The second-order valence-corrected chi connectivity index (χ2v) is 11.0. The molecule has 0 aliphatic rings. The highest BCUT2D eigenvalue weighted by Crippen LogP contribution is 2.33. The molecule has 0 amide bonds. The van der Waals surface area contributed by atoms with E-state index in [2.05, 4.69) is 38.4 Å². The number of carbonyl (C=O) groups excluding carboxylic acids is 1. The van der Waals surface area contributed by atoms with Crippen LogP contribution in [0.25, 0.3) is 0 Å². The zero-order valence-electron chi connectivity index (χ0n) is 13.7. The van der Waals surface area contributed by atoms with Crippen molar-refractivity contribution in [2.45, 2.75) is 31.7 Å². The molecule has 0 saturated heterocycles. The van der Waals surface area contributed by atoms with E-state index in [1.165, 1.54) is 17.3 Å². The van der Waals surface area contributed by atoms with E-state index >= 15 is 0 Å². The van der Waals surface area contributed by atoms with Crippen LogP contribution in [0.15, 0.2) is 55.6 Å². The zero-order valence-corrected chi connectivity index (χ0v) is 14.7. The summed E-state index contributed by atoms with van der Waals surface area (Å²) < 4.78 is 5.19. The van der Waals surface area contributed by atoms with Crippen molar-refractivity contribution in [3.63, 3.8) is 0 Å². The summed E-state index contributed by atoms with van der Waals surface area (Å²) in [5.41, 5.74) is 0.000199. The molecule has 1 N–H and O–H groups in total. The second kappa shape index (κ2) is 8.10. The van der Waals surface area contributed by atoms with Crippen LogP contribution < -0.4 is 5.19 Å². The fourth-order valence-corrected chi connectivity index (χ4v) is 5.41. The Kier molecular flexibility index (Phi) is 6.78.